The minimum Gasteiger partial charge on any atom is -0.383 e. The van der Waals surface area contributed by atoms with Crippen LogP contribution in [0.4, 0.5) is 10.2 Å². The van der Waals surface area contributed by atoms with Gasteiger partial charge in [0.2, 0.25) is 0 Å². The summed E-state index contributed by atoms with van der Waals surface area (Å²) in [7, 11) is -4.44. The highest BCUT2D eigenvalue weighted by Gasteiger charge is 2.33. The lowest BCUT2D eigenvalue weighted by Crippen LogP contribution is -2.25. The molecule has 0 aliphatic carbocycles. The van der Waals surface area contributed by atoms with Crippen LogP contribution in [0.2, 0.25) is 0 Å². The Morgan fingerprint density at radius 3 is 2.95 bits per heavy atom. The molecule has 1 aromatic heterocycles. The molecule has 2 unspecified atom stereocenters. The van der Waals surface area contributed by atoms with E-state index in [-0.39, 0.29) is 25.6 Å². The van der Waals surface area contributed by atoms with E-state index in [0.29, 0.717) is 0 Å². The molecule has 19 heavy (non-hydrogen) atoms. The van der Waals surface area contributed by atoms with Gasteiger partial charge < -0.3 is 19.9 Å². The van der Waals surface area contributed by atoms with Crippen LogP contribution in [-0.4, -0.2) is 33.8 Å². The van der Waals surface area contributed by atoms with Crippen molar-refractivity contribution < 1.29 is 23.1 Å². The summed E-state index contributed by atoms with van der Waals surface area (Å²) in [6.45, 7) is 1.02. The van der Waals surface area contributed by atoms with Gasteiger partial charge >= 0.3 is 19.4 Å². The van der Waals surface area contributed by atoms with Gasteiger partial charge in [-0.05, 0) is 13.0 Å². The van der Waals surface area contributed by atoms with Crippen molar-refractivity contribution in [3.63, 3.8) is 0 Å². The third-order valence-electron chi connectivity index (χ3n) is 2.05. The molecule has 10 heteroatoms. The Kier molecular flexibility index (Phi) is 5.61. The molecule has 0 aliphatic rings. The SMILES string of the molecule is CCOP(=O)(O)C(F)OCCn1ccc(N)nc1=O. The van der Waals surface area contributed by atoms with Crippen molar-refractivity contribution >= 4 is 13.4 Å². The lowest BCUT2D eigenvalue weighted by molar-refractivity contribution is -0.00504. The predicted molar refractivity (Wildman–Crippen MR) is 65.2 cm³/mol. The summed E-state index contributed by atoms with van der Waals surface area (Å²) in [5.74, 6) is 0.0711. The Morgan fingerprint density at radius 1 is 1.68 bits per heavy atom. The maximum absolute atomic E-state index is 13.3. The van der Waals surface area contributed by atoms with Gasteiger partial charge in [0, 0.05) is 6.20 Å². The molecule has 1 heterocycles. The van der Waals surface area contributed by atoms with E-state index in [1.54, 1.807) is 0 Å². The third kappa shape index (κ3) is 4.71. The molecular weight excluding hydrogens is 280 g/mol. The standard InChI is InChI=1S/C9H15FN3O5P/c1-2-18-19(15,16)8(10)17-6-5-13-4-3-7(11)12-9(13)14/h3-4,8H,2,5-6H2,1H3,(H,15,16)(H2,11,12,14). The molecule has 3 N–H and O–H groups in total. The number of halogens is 1. The average Bonchev–Trinajstić information content (AvgIpc) is 2.31. The number of nitrogens with zero attached hydrogens (tertiary/aromatic N) is 2. The van der Waals surface area contributed by atoms with Crippen molar-refractivity contribution in [2.45, 2.75) is 19.6 Å². The molecule has 0 aliphatic heterocycles. The van der Waals surface area contributed by atoms with E-state index in [4.69, 9.17) is 10.6 Å². The fourth-order valence-corrected chi connectivity index (χ4v) is 1.98. The van der Waals surface area contributed by atoms with E-state index < -0.39 is 19.4 Å². The lowest BCUT2D eigenvalue weighted by atomic mass is 10.5. The monoisotopic (exact) mass is 295 g/mol. The molecule has 0 amide bonds. The molecule has 0 saturated carbocycles. The summed E-state index contributed by atoms with van der Waals surface area (Å²) < 4.78 is 34.5. The zero-order chi connectivity index (χ0) is 14.5. The van der Waals surface area contributed by atoms with E-state index in [0.717, 1.165) is 4.57 Å². The molecule has 0 radical (unpaired) electrons. The van der Waals surface area contributed by atoms with Gasteiger partial charge in [0.25, 0.3) is 0 Å². The quantitative estimate of drug-likeness (QED) is 0.695. The van der Waals surface area contributed by atoms with Gasteiger partial charge in [-0.2, -0.15) is 4.98 Å². The number of nitrogens with two attached hydrogens (primary N) is 1. The number of rotatable bonds is 7. The van der Waals surface area contributed by atoms with Gasteiger partial charge in [-0.25, -0.2) is 9.18 Å². The summed E-state index contributed by atoms with van der Waals surface area (Å²) >= 11 is 0. The normalized spacial score (nSPS) is 15.9. The molecule has 1 aromatic rings. The number of hydrogen-bond acceptors (Lipinski definition) is 6. The molecule has 108 valence electrons. The van der Waals surface area contributed by atoms with Crippen LogP contribution >= 0.6 is 7.60 Å². The van der Waals surface area contributed by atoms with Crippen LogP contribution in [0, 0.1) is 0 Å². The summed E-state index contributed by atoms with van der Waals surface area (Å²) in [6.07, 6.45) is -1.09. The molecule has 0 spiro atoms. The maximum Gasteiger partial charge on any atom is 0.389 e. The number of alkyl halides is 1. The minimum absolute atomic E-state index is 0.0291. The highest BCUT2D eigenvalue weighted by atomic mass is 31.2. The molecule has 1 rings (SSSR count). The van der Waals surface area contributed by atoms with E-state index >= 15 is 0 Å². The van der Waals surface area contributed by atoms with E-state index in [9.17, 15) is 13.8 Å². The van der Waals surface area contributed by atoms with Gasteiger partial charge in [0.15, 0.2) is 0 Å². The number of hydrogen-bond donors (Lipinski definition) is 2. The van der Waals surface area contributed by atoms with E-state index in [1.165, 1.54) is 19.2 Å². The van der Waals surface area contributed by atoms with Crippen LogP contribution < -0.4 is 11.4 Å². The smallest absolute Gasteiger partial charge is 0.383 e. The third-order valence-corrected chi connectivity index (χ3v) is 3.34. The number of aromatic nitrogens is 2. The second kappa shape index (κ2) is 6.76. The first-order valence-electron chi connectivity index (χ1n) is 5.42. The fourth-order valence-electron chi connectivity index (χ4n) is 1.20. The second-order valence-corrected chi connectivity index (χ2v) is 5.27. The van der Waals surface area contributed by atoms with Crippen molar-refractivity contribution in [2.24, 2.45) is 0 Å². The molecule has 0 saturated heterocycles. The Labute approximate surface area is 108 Å². The molecular formula is C9H15FN3O5P. The van der Waals surface area contributed by atoms with Crippen molar-refractivity contribution in [1.29, 1.82) is 0 Å². The predicted octanol–water partition coefficient (Wildman–Crippen LogP) is 0.317. The summed E-state index contributed by atoms with van der Waals surface area (Å²) in [6, 6.07) is 1.39. The number of ether oxygens (including phenoxy) is 1. The number of nitrogen functional groups attached to an aromatic ring is 1. The summed E-state index contributed by atoms with van der Waals surface area (Å²) in [4.78, 5) is 23.9. The fraction of sp³-hybridized carbons (Fsp3) is 0.556. The average molecular weight is 295 g/mol. The first-order chi connectivity index (χ1) is 8.86. The van der Waals surface area contributed by atoms with Crippen LogP contribution in [0.1, 0.15) is 6.92 Å². The zero-order valence-electron chi connectivity index (χ0n) is 10.2. The van der Waals surface area contributed by atoms with Crippen molar-refractivity contribution in [2.75, 3.05) is 18.9 Å². The van der Waals surface area contributed by atoms with Crippen molar-refractivity contribution in [1.82, 2.24) is 9.55 Å². The van der Waals surface area contributed by atoms with Crippen molar-refractivity contribution in [3.8, 4) is 0 Å². The topological polar surface area (TPSA) is 117 Å². The Hall–Kier alpha value is -1.28. The Bertz CT molecular complexity index is 523. The van der Waals surface area contributed by atoms with Gasteiger partial charge in [0.05, 0.1) is 19.8 Å². The molecule has 2 atom stereocenters. The van der Waals surface area contributed by atoms with Crippen LogP contribution in [0.15, 0.2) is 17.1 Å². The lowest BCUT2D eigenvalue weighted by Gasteiger charge is -2.15. The van der Waals surface area contributed by atoms with E-state index in [2.05, 4.69) is 14.2 Å². The molecule has 0 aromatic carbocycles. The Morgan fingerprint density at radius 2 is 2.37 bits per heavy atom. The highest BCUT2D eigenvalue weighted by molar-refractivity contribution is 7.53. The highest BCUT2D eigenvalue weighted by Crippen LogP contribution is 2.48. The zero-order valence-corrected chi connectivity index (χ0v) is 11.1. The van der Waals surface area contributed by atoms with Crippen LogP contribution in [0.5, 0.6) is 0 Å². The summed E-state index contributed by atoms with van der Waals surface area (Å²) in [5, 5.41) is 0. The minimum atomic E-state index is -4.44. The van der Waals surface area contributed by atoms with Gasteiger partial charge in [0.1, 0.15) is 5.82 Å². The first-order valence-corrected chi connectivity index (χ1v) is 7.07. The van der Waals surface area contributed by atoms with Gasteiger partial charge in [-0.15, -0.1) is 0 Å². The largest absolute Gasteiger partial charge is 0.389 e. The maximum atomic E-state index is 13.3. The molecule has 8 nitrogen and oxygen atoms in total. The first kappa shape index (κ1) is 15.8. The van der Waals surface area contributed by atoms with E-state index in [1.807, 2.05) is 0 Å². The Balaban J connectivity index is 2.50. The van der Waals surface area contributed by atoms with Gasteiger partial charge in [-0.1, -0.05) is 0 Å². The van der Waals surface area contributed by atoms with Crippen LogP contribution in [-0.2, 0) is 20.4 Å². The van der Waals surface area contributed by atoms with Crippen LogP contribution in [0.25, 0.3) is 0 Å². The second-order valence-electron chi connectivity index (χ2n) is 3.47. The van der Waals surface area contributed by atoms with Crippen LogP contribution in [0.3, 0.4) is 0 Å². The van der Waals surface area contributed by atoms with Gasteiger partial charge in [-0.3, -0.25) is 9.13 Å². The van der Waals surface area contributed by atoms with Crippen molar-refractivity contribution in [3.05, 3.63) is 22.7 Å². The molecule has 0 bridgehead atoms. The number of anilines is 1. The summed E-state index contributed by atoms with van der Waals surface area (Å²) in [5.41, 5.74) is 4.68. The molecule has 0 fully saturated rings.